The van der Waals surface area contributed by atoms with Gasteiger partial charge in [-0.05, 0) is 100 Å². The van der Waals surface area contributed by atoms with Crippen LogP contribution < -0.4 is 4.74 Å². The molecule has 2 fully saturated rings. The molecule has 1 unspecified atom stereocenters. The predicted octanol–water partition coefficient (Wildman–Crippen LogP) is 3.36. The Balaban J connectivity index is 1.27. The maximum Gasteiger partial charge on any atom is 0.119 e. The zero-order valence-corrected chi connectivity index (χ0v) is 15.0. The molecule has 4 rings (SSSR count). The van der Waals surface area contributed by atoms with Crippen LogP contribution in [0.1, 0.15) is 43.2 Å². The fourth-order valence-electron chi connectivity index (χ4n) is 4.68. The van der Waals surface area contributed by atoms with Crippen LogP contribution in [0.25, 0.3) is 0 Å². The lowest BCUT2D eigenvalue weighted by atomic mass is 9.83. The topological polar surface area (TPSA) is 15.7 Å². The summed E-state index contributed by atoms with van der Waals surface area (Å²) in [5.41, 5.74) is 3.10. The van der Waals surface area contributed by atoms with Crippen LogP contribution in [0.2, 0.25) is 0 Å². The van der Waals surface area contributed by atoms with Crippen LogP contribution in [0, 0.1) is 5.92 Å². The minimum Gasteiger partial charge on any atom is -0.492 e. The van der Waals surface area contributed by atoms with Crippen LogP contribution in [-0.4, -0.2) is 55.7 Å². The molecule has 0 spiro atoms. The van der Waals surface area contributed by atoms with E-state index in [1.54, 1.807) is 5.56 Å². The van der Waals surface area contributed by atoms with Gasteiger partial charge in [-0.15, -0.1) is 0 Å². The van der Waals surface area contributed by atoms with E-state index in [1.807, 2.05) is 0 Å². The van der Waals surface area contributed by atoms with Crippen molar-refractivity contribution in [3.8, 4) is 5.75 Å². The number of benzene rings is 1. The molecule has 2 heterocycles. The molecule has 132 valence electrons. The minimum atomic E-state index is 0.830. The Morgan fingerprint density at radius 1 is 0.917 bits per heavy atom. The Morgan fingerprint density at radius 2 is 1.67 bits per heavy atom. The number of nitrogens with zero attached hydrogens (tertiary/aromatic N) is 2. The standard InChI is InChI=1S/C21H32N2O/c1-2-10-22(9-1)13-14-24-21-8-7-19-15-18(5-6-20(19)16-21)17-23-11-3-4-12-23/h7-8,16,18H,1-6,9-15,17H2. The van der Waals surface area contributed by atoms with Gasteiger partial charge in [-0.1, -0.05) is 6.07 Å². The van der Waals surface area contributed by atoms with Crippen molar-refractivity contribution in [3.05, 3.63) is 29.3 Å². The van der Waals surface area contributed by atoms with Gasteiger partial charge in [0.25, 0.3) is 0 Å². The second kappa shape index (κ2) is 7.88. The molecule has 1 aromatic carbocycles. The van der Waals surface area contributed by atoms with Gasteiger partial charge in [0.15, 0.2) is 0 Å². The fraction of sp³-hybridized carbons (Fsp3) is 0.714. The normalized spacial score (nSPS) is 25.1. The van der Waals surface area contributed by atoms with Gasteiger partial charge in [0.1, 0.15) is 12.4 Å². The third kappa shape index (κ3) is 4.12. The average Bonchev–Trinajstić information content (AvgIpc) is 3.29. The van der Waals surface area contributed by atoms with E-state index in [1.165, 1.54) is 83.2 Å². The van der Waals surface area contributed by atoms with Crippen molar-refractivity contribution in [2.45, 2.75) is 44.9 Å². The highest BCUT2D eigenvalue weighted by molar-refractivity contribution is 5.37. The average molecular weight is 329 g/mol. The summed E-state index contributed by atoms with van der Waals surface area (Å²) >= 11 is 0. The molecular formula is C21H32N2O. The van der Waals surface area contributed by atoms with E-state index in [0.29, 0.717) is 0 Å². The molecule has 0 amide bonds. The van der Waals surface area contributed by atoms with E-state index in [9.17, 15) is 0 Å². The fourth-order valence-corrected chi connectivity index (χ4v) is 4.68. The van der Waals surface area contributed by atoms with Crippen molar-refractivity contribution in [3.63, 3.8) is 0 Å². The quantitative estimate of drug-likeness (QED) is 0.796. The summed E-state index contributed by atoms with van der Waals surface area (Å²) in [5.74, 6) is 1.93. The highest BCUT2D eigenvalue weighted by atomic mass is 16.5. The SMILES string of the molecule is c1cc2c(cc1OCCN1CCCC1)CCC(CN1CCCC1)C2. The zero-order valence-electron chi connectivity index (χ0n) is 15.0. The number of ether oxygens (including phenoxy) is 1. The first-order valence-corrected chi connectivity index (χ1v) is 10.1. The lowest BCUT2D eigenvalue weighted by molar-refractivity contribution is 0.237. The highest BCUT2D eigenvalue weighted by Gasteiger charge is 2.22. The molecule has 24 heavy (non-hydrogen) atoms. The lowest BCUT2D eigenvalue weighted by Crippen LogP contribution is -2.30. The molecule has 2 aliphatic heterocycles. The monoisotopic (exact) mass is 328 g/mol. The smallest absolute Gasteiger partial charge is 0.119 e. The van der Waals surface area contributed by atoms with E-state index in [4.69, 9.17) is 4.74 Å². The molecule has 1 aliphatic carbocycles. The van der Waals surface area contributed by atoms with Crippen molar-refractivity contribution in [2.75, 3.05) is 45.9 Å². The Labute approximate surface area is 147 Å². The lowest BCUT2D eigenvalue weighted by Gasteiger charge is -2.28. The molecule has 0 saturated carbocycles. The van der Waals surface area contributed by atoms with Crippen LogP contribution in [0.5, 0.6) is 5.75 Å². The Morgan fingerprint density at radius 3 is 2.46 bits per heavy atom. The van der Waals surface area contributed by atoms with Crippen molar-refractivity contribution in [2.24, 2.45) is 5.92 Å². The first kappa shape index (κ1) is 16.4. The molecule has 0 N–H and O–H groups in total. The Bertz CT molecular complexity index is 533. The maximum atomic E-state index is 6.02. The predicted molar refractivity (Wildman–Crippen MR) is 98.8 cm³/mol. The summed E-state index contributed by atoms with van der Waals surface area (Å²) in [5, 5.41) is 0. The van der Waals surface area contributed by atoms with Crippen molar-refractivity contribution < 1.29 is 4.74 Å². The van der Waals surface area contributed by atoms with Crippen LogP contribution in [0.3, 0.4) is 0 Å². The van der Waals surface area contributed by atoms with Gasteiger partial charge in [0, 0.05) is 13.1 Å². The van der Waals surface area contributed by atoms with Crippen LogP contribution in [0.4, 0.5) is 0 Å². The van der Waals surface area contributed by atoms with E-state index < -0.39 is 0 Å². The summed E-state index contributed by atoms with van der Waals surface area (Å²) in [6.45, 7) is 8.39. The molecule has 0 radical (unpaired) electrons. The number of hydrogen-bond acceptors (Lipinski definition) is 3. The first-order chi connectivity index (χ1) is 11.9. The molecule has 1 aromatic rings. The molecule has 1 atom stereocenters. The maximum absolute atomic E-state index is 6.02. The largest absolute Gasteiger partial charge is 0.492 e. The molecule has 0 aromatic heterocycles. The molecule has 0 bridgehead atoms. The molecule has 3 aliphatic rings. The number of rotatable bonds is 6. The molecule has 3 nitrogen and oxygen atoms in total. The van der Waals surface area contributed by atoms with E-state index in [2.05, 4.69) is 28.0 Å². The van der Waals surface area contributed by atoms with Gasteiger partial charge >= 0.3 is 0 Å². The third-order valence-electron chi connectivity index (χ3n) is 6.10. The van der Waals surface area contributed by atoms with Gasteiger partial charge in [-0.3, -0.25) is 4.90 Å². The first-order valence-electron chi connectivity index (χ1n) is 10.1. The second-order valence-electron chi connectivity index (χ2n) is 7.94. The van der Waals surface area contributed by atoms with Gasteiger partial charge in [-0.25, -0.2) is 0 Å². The zero-order chi connectivity index (χ0) is 16.2. The van der Waals surface area contributed by atoms with Crippen LogP contribution >= 0.6 is 0 Å². The number of aryl methyl sites for hydroxylation is 1. The van der Waals surface area contributed by atoms with Crippen molar-refractivity contribution >= 4 is 0 Å². The summed E-state index contributed by atoms with van der Waals surface area (Å²) in [6.07, 6.45) is 9.37. The highest BCUT2D eigenvalue weighted by Crippen LogP contribution is 2.29. The van der Waals surface area contributed by atoms with E-state index in [0.717, 1.165) is 24.8 Å². The van der Waals surface area contributed by atoms with Gasteiger partial charge in [0.2, 0.25) is 0 Å². The summed E-state index contributed by atoms with van der Waals surface area (Å²) in [6, 6.07) is 6.84. The van der Waals surface area contributed by atoms with Gasteiger partial charge in [0.05, 0.1) is 0 Å². The number of fused-ring (bicyclic) bond motifs is 1. The minimum absolute atomic E-state index is 0.830. The number of hydrogen-bond donors (Lipinski definition) is 0. The van der Waals surface area contributed by atoms with Crippen LogP contribution in [0.15, 0.2) is 18.2 Å². The van der Waals surface area contributed by atoms with Gasteiger partial charge in [-0.2, -0.15) is 0 Å². The number of likely N-dealkylation sites (tertiary alicyclic amines) is 2. The Hall–Kier alpha value is -1.06. The van der Waals surface area contributed by atoms with Gasteiger partial charge < -0.3 is 9.64 Å². The summed E-state index contributed by atoms with van der Waals surface area (Å²) in [7, 11) is 0. The summed E-state index contributed by atoms with van der Waals surface area (Å²) < 4.78 is 6.02. The second-order valence-corrected chi connectivity index (χ2v) is 7.94. The molecular weight excluding hydrogens is 296 g/mol. The third-order valence-corrected chi connectivity index (χ3v) is 6.10. The van der Waals surface area contributed by atoms with Crippen LogP contribution in [-0.2, 0) is 12.8 Å². The van der Waals surface area contributed by atoms with E-state index in [-0.39, 0.29) is 0 Å². The molecule has 2 saturated heterocycles. The molecule has 3 heteroatoms. The Kier molecular flexibility index (Phi) is 5.39. The summed E-state index contributed by atoms with van der Waals surface area (Å²) in [4.78, 5) is 5.19. The van der Waals surface area contributed by atoms with Crippen molar-refractivity contribution in [1.82, 2.24) is 9.80 Å². The van der Waals surface area contributed by atoms with Crippen molar-refractivity contribution in [1.29, 1.82) is 0 Å². The van der Waals surface area contributed by atoms with E-state index >= 15 is 0 Å².